The van der Waals surface area contributed by atoms with Gasteiger partial charge in [-0.05, 0) is 37.0 Å². The van der Waals surface area contributed by atoms with Crippen LogP contribution in [0.2, 0.25) is 0 Å². The number of hydrogen-bond acceptors (Lipinski definition) is 3. The molecule has 0 aliphatic carbocycles. The van der Waals surface area contributed by atoms with Crippen molar-refractivity contribution in [1.29, 1.82) is 0 Å². The molecule has 0 radical (unpaired) electrons. The highest BCUT2D eigenvalue weighted by atomic mass is 19.1. The summed E-state index contributed by atoms with van der Waals surface area (Å²) >= 11 is 0. The number of rotatable bonds is 6. The summed E-state index contributed by atoms with van der Waals surface area (Å²) in [5.74, 6) is 0.807. The van der Waals surface area contributed by atoms with E-state index >= 15 is 0 Å². The van der Waals surface area contributed by atoms with Crippen molar-refractivity contribution in [3.63, 3.8) is 0 Å². The molecule has 4 nitrogen and oxygen atoms in total. The lowest BCUT2D eigenvalue weighted by Crippen LogP contribution is -2.41. The third-order valence-electron chi connectivity index (χ3n) is 4.31. The number of halogens is 1. The maximum atomic E-state index is 13.3. The van der Waals surface area contributed by atoms with Crippen LogP contribution in [0.25, 0.3) is 0 Å². The SMILES string of the molecule is COc1ccc(F)cc1CC(=O)NC[C@H]1CCCO[C@H]1C(C)C. The van der Waals surface area contributed by atoms with Crippen LogP contribution >= 0.6 is 0 Å². The average Bonchev–Trinajstić information content (AvgIpc) is 2.53. The number of hydrogen-bond donors (Lipinski definition) is 1. The first-order valence-corrected chi connectivity index (χ1v) is 8.22. The Morgan fingerprint density at radius 3 is 2.96 bits per heavy atom. The van der Waals surface area contributed by atoms with E-state index in [1.807, 2.05) is 0 Å². The molecule has 0 saturated carbocycles. The molecule has 0 aromatic heterocycles. The molecule has 128 valence electrons. The van der Waals surface area contributed by atoms with Gasteiger partial charge in [0.25, 0.3) is 0 Å². The molecular formula is C18H26FNO3. The van der Waals surface area contributed by atoms with Gasteiger partial charge in [0.15, 0.2) is 0 Å². The molecule has 23 heavy (non-hydrogen) atoms. The van der Waals surface area contributed by atoms with Gasteiger partial charge >= 0.3 is 0 Å². The van der Waals surface area contributed by atoms with E-state index in [0.717, 1.165) is 19.4 Å². The van der Waals surface area contributed by atoms with Gasteiger partial charge in [-0.2, -0.15) is 0 Å². The second-order valence-corrected chi connectivity index (χ2v) is 6.42. The van der Waals surface area contributed by atoms with E-state index in [1.165, 1.54) is 19.2 Å². The molecule has 1 aromatic carbocycles. The Morgan fingerprint density at radius 2 is 2.26 bits per heavy atom. The molecule has 1 heterocycles. The van der Waals surface area contributed by atoms with Gasteiger partial charge in [0.2, 0.25) is 5.91 Å². The van der Waals surface area contributed by atoms with Crippen LogP contribution in [-0.4, -0.2) is 32.3 Å². The van der Waals surface area contributed by atoms with E-state index < -0.39 is 0 Å². The Labute approximate surface area is 137 Å². The van der Waals surface area contributed by atoms with Gasteiger partial charge < -0.3 is 14.8 Å². The minimum absolute atomic E-state index is 0.112. The molecule has 5 heteroatoms. The zero-order chi connectivity index (χ0) is 16.8. The maximum absolute atomic E-state index is 13.3. The molecule has 0 spiro atoms. The Hall–Kier alpha value is -1.62. The number of methoxy groups -OCH3 is 1. The number of benzene rings is 1. The molecule has 0 bridgehead atoms. The van der Waals surface area contributed by atoms with Crippen molar-refractivity contribution in [3.8, 4) is 5.75 Å². The van der Waals surface area contributed by atoms with Gasteiger partial charge in [0.05, 0.1) is 19.6 Å². The number of carbonyl (C=O) groups is 1. The van der Waals surface area contributed by atoms with Crippen LogP contribution in [0.15, 0.2) is 18.2 Å². The van der Waals surface area contributed by atoms with Crippen LogP contribution < -0.4 is 10.1 Å². The maximum Gasteiger partial charge on any atom is 0.224 e. The van der Waals surface area contributed by atoms with Crippen molar-refractivity contribution in [3.05, 3.63) is 29.6 Å². The van der Waals surface area contributed by atoms with Crippen molar-refractivity contribution >= 4 is 5.91 Å². The van der Waals surface area contributed by atoms with Gasteiger partial charge in [-0.15, -0.1) is 0 Å². The summed E-state index contributed by atoms with van der Waals surface area (Å²) in [5, 5.41) is 2.96. The van der Waals surface area contributed by atoms with Crippen LogP contribution in [0, 0.1) is 17.7 Å². The fourth-order valence-electron chi connectivity index (χ4n) is 3.19. The lowest BCUT2D eigenvalue weighted by atomic mass is 9.87. The number of nitrogens with one attached hydrogen (secondary N) is 1. The zero-order valence-corrected chi connectivity index (χ0v) is 14.1. The average molecular weight is 323 g/mol. The van der Waals surface area contributed by atoms with Crippen LogP contribution in [0.5, 0.6) is 5.75 Å². The summed E-state index contributed by atoms with van der Waals surface area (Å²) in [6.45, 7) is 5.68. The Morgan fingerprint density at radius 1 is 1.48 bits per heavy atom. The highest BCUT2D eigenvalue weighted by molar-refractivity contribution is 5.79. The van der Waals surface area contributed by atoms with Gasteiger partial charge in [0.1, 0.15) is 11.6 Å². The van der Waals surface area contributed by atoms with Gasteiger partial charge in [-0.3, -0.25) is 4.79 Å². The van der Waals surface area contributed by atoms with Crippen molar-refractivity contribution in [2.24, 2.45) is 11.8 Å². The second kappa shape index (κ2) is 8.29. The Kier molecular flexibility index (Phi) is 6.39. The van der Waals surface area contributed by atoms with E-state index in [4.69, 9.17) is 9.47 Å². The monoisotopic (exact) mass is 323 g/mol. The molecule has 2 atom stereocenters. The Bertz CT molecular complexity index is 533. The van der Waals surface area contributed by atoms with Crippen LogP contribution in [0.3, 0.4) is 0 Å². The van der Waals surface area contributed by atoms with Crippen molar-refractivity contribution in [2.75, 3.05) is 20.3 Å². The van der Waals surface area contributed by atoms with E-state index in [0.29, 0.717) is 29.7 Å². The highest BCUT2D eigenvalue weighted by Gasteiger charge is 2.28. The van der Waals surface area contributed by atoms with E-state index in [2.05, 4.69) is 19.2 Å². The van der Waals surface area contributed by atoms with Crippen LogP contribution in [0.1, 0.15) is 32.3 Å². The summed E-state index contributed by atoms with van der Waals surface area (Å²) in [6.07, 6.45) is 2.39. The summed E-state index contributed by atoms with van der Waals surface area (Å²) in [6, 6.07) is 4.22. The fourth-order valence-corrected chi connectivity index (χ4v) is 3.19. The fraction of sp³-hybridized carbons (Fsp3) is 0.611. The van der Waals surface area contributed by atoms with Crippen LogP contribution in [0.4, 0.5) is 4.39 Å². The third kappa shape index (κ3) is 4.93. The summed E-state index contributed by atoms with van der Waals surface area (Å²) in [4.78, 5) is 12.2. The summed E-state index contributed by atoms with van der Waals surface area (Å²) in [5.41, 5.74) is 0.560. The predicted molar refractivity (Wildman–Crippen MR) is 87.0 cm³/mol. The predicted octanol–water partition coefficient (Wildman–Crippen LogP) is 2.94. The summed E-state index contributed by atoms with van der Waals surface area (Å²) < 4.78 is 24.4. The number of ether oxygens (including phenoxy) is 2. The van der Waals surface area contributed by atoms with Gasteiger partial charge in [-0.1, -0.05) is 13.8 Å². The molecule has 1 fully saturated rings. The molecule has 1 aliphatic rings. The smallest absolute Gasteiger partial charge is 0.224 e. The third-order valence-corrected chi connectivity index (χ3v) is 4.31. The number of amides is 1. The highest BCUT2D eigenvalue weighted by Crippen LogP contribution is 2.26. The Balaban J connectivity index is 1.91. The van der Waals surface area contributed by atoms with Crippen molar-refractivity contribution in [2.45, 2.75) is 39.2 Å². The first-order chi connectivity index (χ1) is 11.0. The van der Waals surface area contributed by atoms with Crippen molar-refractivity contribution in [1.82, 2.24) is 5.32 Å². The largest absolute Gasteiger partial charge is 0.496 e. The first-order valence-electron chi connectivity index (χ1n) is 8.22. The van der Waals surface area contributed by atoms with Crippen LogP contribution in [-0.2, 0) is 16.0 Å². The molecule has 1 N–H and O–H groups in total. The quantitative estimate of drug-likeness (QED) is 0.875. The molecule has 1 amide bonds. The van der Waals surface area contributed by atoms with E-state index in [9.17, 15) is 9.18 Å². The topological polar surface area (TPSA) is 47.6 Å². The lowest BCUT2D eigenvalue weighted by Gasteiger charge is -2.34. The molecular weight excluding hydrogens is 297 g/mol. The zero-order valence-electron chi connectivity index (χ0n) is 14.1. The lowest BCUT2D eigenvalue weighted by molar-refractivity contribution is -0.121. The molecule has 1 aliphatic heterocycles. The molecule has 0 unspecified atom stereocenters. The minimum atomic E-state index is -0.367. The van der Waals surface area contributed by atoms with Crippen molar-refractivity contribution < 1.29 is 18.7 Å². The van der Waals surface area contributed by atoms with Gasteiger partial charge in [0, 0.05) is 24.6 Å². The summed E-state index contributed by atoms with van der Waals surface area (Å²) in [7, 11) is 1.52. The minimum Gasteiger partial charge on any atom is -0.496 e. The van der Waals surface area contributed by atoms with E-state index in [-0.39, 0.29) is 24.2 Å². The second-order valence-electron chi connectivity index (χ2n) is 6.42. The molecule has 1 saturated heterocycles. The molecule has 1 aromatic rings. The first kappa shape index (κ1) is 17.7. The van der Waals surface area contributed by atoms with Gasteiger partial charge in [-0.25, -0.2) is 4.39 Å². The number of carbonyl (C=O) groups excluding carboxylic acids is 1. The van der Waals surface area contributed by atoms with E-state index in [1.54, 1.807) is 6.07 Å². The standard InChI is InChI=1S/C18H26FNO3/c1-12(2)18-13(5-4-8-23-18)11-20-17(21)10-14-9-15(19)6-7-16(14)22-3/h6-7,9,12-13,18H,4-5,8,10-11H2,1-3H3,(H,20,21)/t13-,18+/m1/s1. The normalized spacial score (nSPS) is 21.3. The molecule has 2 rings (SSSR count).